The van der Waals surface area contributed by atoms with E-state index in [0.717, 1.165) is 11.0 Å². The summed E-state index contributed by atoms with van der Waals surface area (Å²) in [5.74, 6) is 0.658. The SMILES string of the molecule is O=[N+]([O-])c1ccccc1N=c1scc(-c2cc3ccccc3o2)n1N=Cc1ccccc1O. The lowest BCUT2D eigenvalue weighted by atomic mass is 10.2. The molecule has 0 amide bonds. The van der Waals surface area contributed by atoms with E-state index in [4.69, 9.17) is 4.42 Å². The van der Waals surface area contributed by atoms with Gasteiger partial charge in [-0.05, 0) is 30.3 Å². The molecule has 0 radical (unpaired) electrons. The molecule has 0 atom stereocenters. The first-order valence-electron chi connectivity index (χ1n) is 9.90. The standard InChI is InChI=1S/C24H16N4O4S/c29-21-11-5-1-8-17(21)14-25-27-20(23-13-16-7-2-6-12-22(16)32-23)15-33-24(27)26-18-9-3-4-10-19(18)28(30)31/h1-15,29H. The van der Waals surface area contributed by atoms with Gasteiger partial charge in [-0.2, -0.15) is 5.10 Å². The smallest absolute Gasteiger partial charge is 0.294 e. The first kappa shape index (κ1) is 20.4. The monoisotopic (exact) mass is 456 g/mol. The van der Waals surface area contributed by atoms with E-state index in [9.17, 15) is 15.2 Å². The molecule has 3 aromatic carbocycles. The third-order valence-corrected chi connectivity index (χ3v) is 5.72. The summed E-state index contributed by atoms with van der Waals surface area (Å²) in [6.07, 6.45) is 1.51. The zero-order valence-electron chi connectivity index (χ0n) is 17.0. The van der Waals surface area contributed by atoms with E-state index in [2.05, 4.69) is 10.1 Å². The van der Waals surface area contributed by atoms with Crippen LogP contribution in [0.15, 0.2) is 98.8 Å². The number of benzene rings is 3. The van der Waals surface area contributed by atoms with Crippen molar-refractivity contribution in [2.75, 3.05) is 0 Å². The Balaban J connectivity index is 1.70. The van der Waals surface area contributed by atoms with E-state index in [-0.39, 0.29) is 17.1 Å². The molecule has 0 saturated heterocycles. The van der Waals surface area contributed by atoms with Crippen LogP contribution in [0.1, 0.15) is 5.56 Å². The average molecular weight is 456 g/mol. The minimum Gasteiger partial charge on any atom is -0.507 e. The molecular formula is C24H16N4O4S. The molecular weight excluding hydrogens is 440 g/mol. The van der Waals surface area contributed by atoms with Gasteiger partial charge in [0.05, 0.1) is 11.1 Å². The summed E-state index contributed by atoms with van der Waals surface area (Å²) in [6.45, 7) is 0. The summed E-state index contributed by atoms with van der Waals surface area (Å²) < 4.78 is 7.56. The van der Waals surface area contributed by atoms with Gasteiger partial charge in [-0.25, -0.2) is 9.67 Å². The number of nitrogens with zero attached hydrogens (tertiary/aromatic N) is 4. The molecule has 2 aromatic heterocycles. The molecule has 8 nitrogen and oxygen atoms in total. The minimum atomic E-state index is -0.470. The summed E-state index contributed by atoms with van der Waals surface area (Å²) in [5, 5.41) is 28.8. The van der Waals surface area contributed by atoms with Crippen LogP contribution in [-0.4, -0.2) is 20.9 Å². The van der Waals surface area contributed by atoms with E-state index < -0.39 is 4.92 Å². The Morgan fingerprint density at radius 2 is 1.79 bits per heavy atom. The molecule has 1 N–H and O–H groups in total. The van der Waals surface area contributed by atoms with Crippen molar-refractivity contribution in [2.24, 2.45) is 10.1 Å². The number of rotatable bonds is 5. The van der Waals surface area contributed by atoms with Gasteiger partial charge in [-0.1, -0.05) is 42.5 Å². The van der Waals surface area contributed by atoms with Crippen LogP contribution in [0, 0.1) is 10.1 Å². The van der Waals surface area contributed by atoms with Crippen LogP contribution in [0.4, 0.5) is 11.4 Å². The van der Waals surface area contributed by atoms with Gasteiger partial charge >= 0.3 is 0 Å². The number of phenolic OH excluding ortho intramolecular Hbond substituents is 1. The number of hydrogen-bond donors (Lipinski definition) is 1. The summed E-state index contributed by atoms with van der Waals surface area (Å²) in [7, 11) is 0. The number of nitro benzene ring substituents is 1. The second-order valence-corrected chi connectivity index (χ2v) is 7.86. The highest BCUT2D eigenvalue weighted by Crippen LogP contribution is 2.30. The zero-order chi connectivity index (χ0) is 22.8. The van der Waals surface area contributed by atoms with Gasteiger partial charge in [0, 0.05) is 22.4 Å². The Morgan fingerprint density at radius 1 is 1.03 bits per heavy atom. The van der Waals surface area contributed by atoms with Crippen LogP contribution in [-0.2, 0) is 0 Å². The number of fused-ring (bicyclic) bond motifs is 1. The Bertz CT molecular complexity index is 1550. The lowest BCUT2D eigenvalue weighted by Gasteiger charge is -2.02. The number of phenols is 1. The molecule has 0 bridgehead atoms. The maximum Gasteiger partial charge on any atom is 0.294 e. The molecule has 0 aliphatic carbocycles. The number of aromatic nitrogens is 1. The maximum absolute atomic E-state index is 11.4. The van der Waals surface area contributed by atoms with Crippen LogP contribution in [0.3, 0.4) is 0 Å². The van der Waals surface area contributed by atoms with Crippen molar-refractivity contribution in [1.29, 1.82) is 0 Å². The normalized spacial score (nSPS) is 12.1. The highest BCUT2D eigenvalue weighted by Gasteiger charge is 2.15. The summed E-state index contributed by atoms with van der Waals surface area (Å²) in [5.41, 5.74) is 1.98. The first-order valence-corrected chi connectivity index (χ1v) is 10.8. The van der Waals surface area contributed by atoms with E-state index in [1.165, 1.54) is 23.6 Å². The fourth-order valence-electron chi connectivity index (χ4n) is 3.30. The summed E-state index contributed by atoms with van der Waals surface area (Å²) in [4.78, 5) is 15.9. The van der Waals surface area contributed by atoms with Crippen molar-refractivity contribution in [2.45, 2.75) is 0 Å². The van der Waals surface area contributed by atoms with Gasteiger partial charge in [0.2, 0.25) is 4.80 Å². The van der Waals surface area contributed by atoms with Crippen LogP contribution >= 0.6 is 11.3 Å². The van der Waals surface area contributed by atoms with Crippen molar-refractivity contribution < 1.29 is 14.4 Å². The zero-order valence-corrected chi connectivity index (χ0v) is 17.8. The van der Waals surface area contributed by atoms with E-state index in [1.807, 2.05) is 35.7 Å². The second kappa shape index (κ2) is 8.56. The quantitative estimate of drug-likeness (QED) is 0.208. The van der Waals surface area contributed by atoms with Gasteiger partial charge in [0.1, 0.15) is 22.7 Å². The van der Waals surface area contributed by atoms with E-state index in [0.29, 0.717) is 21.8 Å². The number of nitro groups is 1. The minimum absolute atomic E-state index is 0.0829. The van der Waals surface area contributed by atoms with E-state index in [1.54, 1.807) is 47.1 Å². The lowest BCUT2D eigenvalue weighted by Crippen LogP contribution is -2.11. The topological polar surface area (TPSA) is 106 Å². The van der Waals surface area contributed by atoms with Gasteiger partial charge in [0.15, 0.2) is 5.76 Å². The maximum atomic E-state index is 11.4. The Labute approximate surface area is 191 Å². The summed E-state index contributed by atoms with van der Waals surface area (Å²) in [6, 6.07) is 22.6. The van der Waals surface area contributed by atoms with Crippen LogP contribution in [0.2, 0.25) is 0 Å². The number of aromatic hydroxyl groups is 1. The third kappa shape index (κ3) is 4.04. The first-order chi connectivity index (χ1) is 16.1. The third-order valence-electron chi connectivity index (χ3n) is 4.91. The van der Waals surface area contributed by atoms with Crippen molar-refractivity contribution in [3.8, 4) is 17.2 Å². The van der Waals surface area contributed by atoms with Crippen molar-refractivity contribution in [1.82, 2.24) is 4.68 Å². The lowest BCUT2D eigenvalue weighted by molar-refractivity contribution is -0.384. The highest BCUT2D eigenvalue weighted by molar-refractivity contribution is 7.07. The molecule has 0 saturated carbocycles. The fraction of sp³-hybridized carbons (Fsp3) is 0. The van der Waals surface area contributed by atoms with Gasteiger partial charge in [-0.15, -0.1) is 11.3 Å². The Kier molecular flexibility index (Phi) is 5.29. The predicted octanol–water partition coefficient (Wildman–Crippen LogP) is 5.69. The van der Waals surface area contributed by atoms with Crippen LogP contribution in [0.5, 0.6) is 5.75 Å². The van der Waals surface area contributed by atoms with Crippen molar-refractivity contribution >= 4 is 39.9 Å². The van der Waals surface area contributed by atoms with Crippen molar-refractivity contribution in [3.63, 3.8) is 0 Å². The highest BCUT2D eigenvalue weighted by atomic mass is 32.1. The number of para-hydroxylation sites is 4. The molecule has 0 aliphatic heterocycles. The molecule has 9 heteroatoms. The molecule has 0 unspecified atom stereocenters. The number of thiazole rings is 1. The molecule has 0 aliphatic rings. The predicted molar refractivity (Wildman–Crippen MR) is 127 cm³/mol. The average Bonchev–Trinajstić information content (AvgIpc) is 3.42. The number of furan rings is 1. The summed E-state index contributed by atoms with van der Waals surface area (Å²) >= 11 is 1.27. The van der Waals surface area contributed by atoms with Gasteiger partial charge < -0.3 is 9.52 Å². The molecule has 33 heavy (non-hydrogen) atoms. The van der Waals surface area contributed by atoms with E-state index >= 15 is 0 Å². The second-order valence-electron chi connectivity index (χ2n) is 7.02. The molecule has 5 rings (SSSR count). The molecule has 2 heterocycles. The van der Waals surface area contributed by atoms with Gasteiger partial charge in [0.25, 0.3) is 5.69 Å². The Morgan fingerprint density at radius 3 is 2.61 bits per heavy atom. The van der Waals surface area contributed by atoms with Crippen molar-refractivity contribution in [3.05, 3.63) is 105 Å². The molecule has 5 aromatic rings. The fourth-order valence-corrected chi connectivity index (χ4v) is 4.13. The largest absolute Gasteiger partial charge is 0.507 e. The Hall–Kier alpha value is -4.50. The molecule has 162 valence electrons. The van der Waals surface area contributed by atoms with Crippen LogP contribution in [0.25, 0.3) is 22.4 Å². The molecule has 0 fully saturated rings. The molecule has 0 spiro atoms. The van der Waals surface area contributed by atoms with Crippen LogP contribution < -0.4 is 4.80 Å². The number of hydrogen-bond acceptors (Lipinski definition) is 7. The van der Waals surface area contributed by atoms with Gasteiger partial charge in [-0.3, -0.25) is 10.1 Å².